The van der Waals surface area contributed by atoms with Crippen molar-refractivity contribution in [1.82, 2.24) is 29.9 Å². The molecule has 2 aliphatic rings. The molecule has 2 aromatic heterocycles. The van der Waals surface area contributed by atoms with E-state index in [1.807, 2.05) is 12.3 Å². The van der Waals surface area contributed by atoms with Crippen molar-refractivity contribution in [3.8, 4) is 0 Å². The maximum absolute atomic E-state index is 4.75. The van der Waals surface area contributed by atoms with Gasteiger partial charge in [0.25, 0.3) is 0 Å². The van der Waals surface area contributed by atoms with Gasteiger partial charge in [-0.3, -0.25) is 19.5 Å². The molecule has 0 aliphatic carbocycles. The van der Waals surface area contributed by atoms with Crippen molar-refractivity contribution in [2.45, 2.75) is 33.1 Å². The lowest BCUT2D eigenvalue weighted by Crippen LogP contribution is -2.45. The highest BCUT2D eigenvalue weighted by molar-refractivity contribution is 5.17. The third kappa shape index (κ3) is 3.50. The number of nitrogens with zero attached hydrogens (tertiary/aromatic N) is 5. The minimum absolute atomic E-state index is 0.949. The Bertz CT molecular complexity index is 663. The maximum Gasteiger partial charge on any atom is 0.0768 e. The van der Waals surface area contributed by atoms with Crippen molar-refractivity contribution in [2.24, 2.45) is 0 Å². The second-order valence-electron chi connectivity index (χ2n) is 6.85. The molecule has 128 valence electrons. The molecule has 0 atom stereocenters. The molecule has 2 aromatic rings. The number of nitrogens with one attached hydrogen (secondary N) is 1. The van der Waals surface area contributed by atoms with Gasteiger partial charge in [-0.1, -0.05) is 6.07 Å². The molecule has 4 rings (SSSR count). The number of aromatic nitrogens is 3. The van der Waals surface area contributed by atoms with Gasteiger partial charge in [0.1, 0.15) is 0 Å². The van der Waals surface area contributed by atoms with E-state index in [-0.39, 0.29) is 0 Å². The number of hydrogen-bond acceptors (Lipinski definition) is 5. The van der Waals surface area contributed by atoms with E-state index in [9.17, 15) is 0 Å². The first-order valence-electron chi connectivity index (χ1n) is 8.89. The lowest BCUT2D eigenvalue weighted by Gasteiger charge is -2.34. The number of aryl methyl sites for hydroxylation is 1. The lowest BCUT2D eigenvalue weighted by atomic mass is 10.2. The average Bonchev–Trinajstić information content (AvgIpc) is 3.01. The summed E-state index contributed by atoms with van der Waals surface area (Å²) in [6, 6.07) is 6.42. The lowest BCUT2D eigenvalue weighted by molar-refractivity contribution is 0.119. The van der Waals surface area contributed by atoms with Crippen LogP contribution in [0.5, 0.6) is 0 Å². The van der Waals surface area contributed by atoms with Crippen LogP contribution in [0.3, 0.4) is 0 Å². The predicted molar refractivity (Wildman–Crippen MR) is 93.5 cm³/mol. The Morgan fingerprint density at radius 2 is 1.88 bits per heavy atom. The molecule has 0 amide bonds. The average molecular weight is 326 g/mol. The highest BCUT2D eigenvalue weighted by atomic mass is 15.3. The van der Waals surface area contributed by atoms with Crippen molar-refractivity contribution in [1.29, 1.82) is 0 Å². The van der Waals surface area contributed by atoms with Crippen LogP contribution in [-0.2, 0) is 26.2 Å². The Morgan fingerprint density at radius 3 is 2.62 bits per heavy atom. The Hall–Kier alpha value is -1.76. The summed E-state index contributed by atoms with van der Waals surface area (Å²) < 4.78 is 2.16. The first-order valence-corrected chi connectivity index (χ1v) is 8.89. The molecular weight excluding hydrogens is 300 g/mol. The van der Waals surface area contributed by atoms with E-state index in [0.29, 0.717) is 0 Å². The maximum atomic E-state index is 4.75. The predicted octanol–water partition coefficient (Wildman–Crippen LogP) is 1.01. The molecule has 0 aromatic carbocycles. The second kappa shape index (κ2) is 7.01. The smallest absolute Gasteiger partial charge is 0.0768 e. The van der Waals surface area contributed by atoms with Gasteiger partial charge < -0.3 is 5.32 Å². The second-order valence-corrected chi connectivity index (χ2v) is 6.85. The van der Waals surface area contributed by atoms with Crippen molar-refractivity contribution in [2.75, 3.05) is 32.7 Å². The summed E-state index contributed by atoms with van der Waals surface area (Å²) in [6.07, 6.45) is 1.90. The van der Waals surface area contributed by atoms with Crippen LogP contribution >= 0.6 is 0 Å². The molecule has 0 saturated carbocycles. The van der Waals surface area contributed by atoms with Crippen LogP contribution in [-0.4, -0.2) is 57.3 Å². The number of hydrogen-bond donors (Lipinski definition) is 1. The monoisotopic (exact) mass is 326 g/mol. The highest BCUT2D eigenvalue weighted by Gasteiger charge is 2.20. The molecule has 1 saturated heterocycles. The van der Waals surface area contributed by atoms with Crippen molar-refractivity contribution < 1.29 is 0 Å². The summed E-state index contributed by atoms with van der Waals surface area (Å²) in [5, 5.41) is 8.16. The van der Waals surface area contributed by atoms with Crippen LogP contribution in [0.1, 0.15) is 22.6 Å². The van der Waals surface area contributed by atoms with Gasteiger partial charge >= 0.3 is 0 Å². The molecular formula is C18H26N6. The van der Waals surface area contributed by atoms with Crippen LogP contribution in [0.2, 0.25) is 0 Å². The minimum Gasteiger partial charge on any atom is -0.309 e. The number of fused-ring (bicyclic) bond motifs is 1. The van der Waals surface area contributed by atoms with Crippen LogP contribution in [0.15, 0.2) is 24.4 Å². The molecule has 1 fully saturated rings. The van der Waals surface area contributed by atoms with Gasteiger partial charge in [0.05, 0.1) is 23.6 Å². The minimum atomic E-state index is 0.949. The first-order chi connectivity index (χ1) is 11.8. The standard InChI is InChI=1S/C18H26N6/c1-15-3-2-4-20-18(15)14-23-9-7-22(8-10-23)13-16-11-17-12-19-5-6-24(17)21-16/h2-4,11,19H,5-10,12-14H2,1H3. The van der Waals surface area contributed by atoms with Gasteiger partial charge in [0.2, 0.25) is 0 Å². The van der Waals surface area contributed by atoms with Crippen molar-refractivity contribution in [3.63, 3.8) is 0 Å². The van der Waals surface area contributed by atoms with Crippen LogP contribution in [0.25, 0.3) is 0 Å². The number of pyridine rings is 1. The fraction of sp³-hybridized carbons (Fsp3) is 0.556. The fourth-order valence-electron chi connectivity index (χ4n) is 3.56. The van der Waals surface area contributed by atoms with Crippen LogP contribution in [0, 0.1) is 6.92 Å². The van der Waals surface area contributed by atoms with Gasteiger partial charge in [-0.15, -0.1) is 0 Å². The Labute approximate surface area is 143 Å². The van der Waals surface area contributed by atoms with E-state index in [4.69, 9.17) is 5.10 Å². The van der Waals surface area contributed by atoms with Gasteiger partial charge in [0, 0.05) is 58.6 Å². The highest BCUT2D eigenvalue weighted by Crippen LogP contribution is 2.14. The van der Waals surface area contributed by atoms with Gasteiger partial charge in [0.15, 0.2) is 0 Å². The zero-order chi connectivity index (χ0) is 16.4. The first kappa shape index (κ1) is 15.7. The largest absolute Gasteiger partial charge is 0.309 e. The Kier molecular flexibility index (Phi) is 4.60. The summed E-state index contributed by atoms with van der Waals surface area (Å²) in [5.41, 5.74) is 5.03. The fourth-order valence-corrected chi connectivity index (χ4v) is 3.56. The van der Waals surface area contributed by atoms with E-state index in [1.54, 1.807) is 0 Å². The Balaban J connectivity index is 1.30. The van der Waals surface area contributed by atoms with Gasteiger partial charge in [-0.25, -0.2) is 0 Å². The molecule has 0 unspecified atom stereocenters. The van der Waals surface area contributed by atoms with E-state index in [0.717, 1.165) is 58.9 Å². The molecule has 1 N–H and O–H groups in total. The Morgan fingerprint density at radius 1 is 1.08 bits per heavy atom. The van der Waals surface area contributed by atoms with Crippen molar-refractivity contribution in [3.05, 3.63) is 47.0 Å². The molecule has 6 nitrogen and oxygen atoms in total. The zero-order valence-electron chi connectivity index (χ0n) is 14.4. The molecule has 0 spiro atoms. The van der Waals surface area contributed by atoms with E-state index < -0.39 is 0 Å². The van der Waals surface area contributed by atoms with Crippen molar-refractivity contribution >= 4 is 0 Å². The summed E-state index contributed by atoms with van der Waals surface area (Å²) in [6.45, 7) is 11.5. The van der Waals surface area contributed by atoms with Gasteiger partial charge in [-0.05, 0) is 24.6 Å². The summed E-state index contributed by atoms with van der Waals surface area (Å²) >= 11 is 0. The van der Waals surface area contributed by atoms with Crippen LogP contribution in [0.4, 0.5) is 0 Å². The summed E-state index contributed by atoms with van der Waals surface area (Å²) in [4.78, 5) is 9.55. The molecule has 0 bridgehead atoms. The third-order valence-electron chi connectivity index (χ3n) is 5.06. The van der Waals surface area contributed by atoms with Crippen LogP contribution < -0.4 is 5.32 Å². The number of rotatable bonds is 4. The van der Waals surface area contributed by atoms with E-state index in [1.165, 1.54) is 22.6 Å². The van der Waals surface area contributed by atoms with E-state index in [2.05, 4.69) is 43.8 Å². The topological polar surface area (TPSA) is 49.2 Å². The SMILES string of the molecule is Cc1cccnc1CN1CCN(Cc2cc3n(n2)CCNC3)CC1. The van der Waals surface area contributed by atoms with Gasteiger partial charge in [-0.2, -0.15) is 5.10 Å². The molecule has 24 heavy (non-hydrogen) atoms. The molecule has 2 aliphatic heterocycles. The molecule has 4 heterocycles. The van der Waals surface area contributed by atoms with E-state index >= 15 is 0 Å². The number of piperazine rings is 1. The summed E-state index contributed by atoms with van der Waals surface area (Å²) in [5.74, 6) is 0. The zero-order valence-corrected chi connectivity index (χ0v) is 14.4. The summed E-state index contributed by atoms with van der Waals surface area (Å²) in [7, 11) is 0. The third-order valence-corrected chi connectivity index (χ3v) is 5.06. The normalized spacial score (nSPS) is 19.4. The molecule has 6 heteroatoms. The quantitative estimate of drug-likeness (QED) is 0.909. The molecule has 0 radical (unpaired) electrons.